The summed E-state index contributed by atoms with van der Waals surface area (Å²) in [5, 5.41) is 9.42. The topological polar surface area (TPSA) is 29.5 Å². The van der Waals surface area contributed by atoms with Crippen molar-refractivity contribution in [1.82, 2.24) is 0 Å². The van der Waals surface area contributed by atoms with Crippen LogP contribution in [0.25, 0.3) is 0 Å². The standard InChI is InChI=1S/C13H17O2/c1-15-13-8-4-11(5-9-13)10-2-6-12(14)7-3-10/h4-5,8-9,12,14H,2-3,6-7H2,1H3. The molecule has 0 bridgehead atoms. The van der Waals surface area contributed by atoms with Gasteiger partial charge in [-0.15, -0.1) is 0 Å². The maximum atomic E-state index is 9.42. The van der Waals surface area contributed by atoms with Crippen LogP contribution in [-0.4, -0.2) is 18.3 Å². The van der Waals surface area contributed by atoms with Gasteiger partial charge in [0.25, 0.3) is 0 Å². The summed E-state index contributed by atoms with van der Waals surface area (Å²) in [6.45, 7) is 0. The average Bonchev–Trinajstić information content (AvgIpc) is 2.30. The summed E-state index contributed by atoms with van der Waals surface area (Å²) in [7, 11) is 1.68. The second-order valence-electron chi connectivity index (χ2n) is 4.06. The molecule has 0 aliphatic heterocycles. The van der Waals surface area contributed by atoms with E-state index in [4.69, 9.17) is 4.74 Å². The minimum absolute atomic E-state index is 0.0907. The van der Waals surface area contributed by atoms with Crippen LogP contribution in [0.2, 0.25) is 0 Å². The Morgan fingerprint density at radius 3 is 2.27 bits per heavy atom. The Balaban J connectivity index is 2.03. The average molecular weight is 205 g/mol. The van der Waals surface area contributed by atoms with Crippen molar-refractivity contribution in [1.29, 1.82) is 0 Å². The Morgan fingerprint density at radius 2 is 1.73 bits per heavy atom. The van der Waals surface area contributed by atoms with Crippen LogP contribution in [0.1, 0.15) is 31.2 Å². The molecule has 2 nitrogen and oxygen atoms in total. The lowest BCUT2D eigenvalue weighted by atomic mass is 9.83. The normalized spacial score (nSPS) is 19.1. The first-order valence-corrected chi connectivity index (χ1v) is 5.47. The van der Waals surface area contributed by atoms with E-state index < -0.39 is 0 Å². The lowest BCUT2D eigenvalue weighted by molar-refractivity contribution is 0.138. The fraction of sp³-hybridized carbons (Fsp3) is 0.462. The van der Waals surface area contributed by atoms with E-state index >= 15 is 0 Å². The summed E-state index contributed by atoms with van der Waals surface area (Å²) in [5.41, 5.74) is 1.29. The number of aliphatic hydroxyl groups excluding tert-OH is 1. The number of aliphatic hydroxyl groups is 1. The molecule has 81 valence electrons. The van der Waals surface area contributed by atoms with Crippen molar-refractivity contribution in [3.05, 3.63) is 35.7 Å². The Kier molecular flexibility index (Phi) is 3.27. The first kappa shape index (κ1) is 10.5. The zero-order valence-corrected chi connectivity index (χ0v) is 9.07. The summed E-state index contributed by atoms with van der Waals surface area (Å²) in [6.07, 6.45) is 3.76. The predicted molar refractivity (Wildman–Crippen MR) is 59.8 cm³/mol. The second kappa shape index (κ2) is 4.67. The number of rotatable bonds is 2. The van der Waals surface area contributed by atoms with E-state index in [1.807, 2.05) is 12.1 Å². The van der Waals surface area contributed by atoms with Crippen LogP contribution in [0.3, 0.4) is 0 Å². The minimum Gasteiger partial charge on any atom is -0.497 e. The Hall–Kier alpha value is -1.02. The van der Waals surface area contributed by atoms with Gasteiger partial charge < -0.3 is 9.84 Å². The molecule has 1 fully saturated rings. The van der Waals surface area contributed by atoms with Crippen molar-refractivity contribution in [2.45, 2.75) is 31.8 Å². The molecular formula is C13H17O2. The molecule has 1 radical (unpaired) electrons. The lowest BCUT2D eigenvalue weighted by Crippen LogP contribution is -2.17. The van der Waals surface area contributed by atoms with Gasteiger partial charge in [0.15, 0.2) is 0 Å². The summed E-state index contributed by atoms with van der Waals surface area (Å²) in [5.74, 6) is 2.36. The largest absolute Gasteiger partial charge is 0.497 e. The van der Waals surface area contributed by atoms with E-state index in [9.17, 15) is 5.11 Å². The van der Waals surface area contributed by atoms with E-state index in [1.54, 1.807) is 7.11 Å². The fourth-order valence-electron chi connectivity index (χ4n) is 2.07. The van der Waals surface area contributed by atoms with Crippen LogP contribution >= 0.6 is 0 Å². The maximum absolute atomic E-state index is 9.42. The van der Waals surface area contributed by atoms with Gasteiger partial charge in [-0.1, -0.05) is 12.1 Å². The molecule has 1 aromatic rings. The summed E-state index contributed by atoms with van der Waals surface area (Å²) in [6, 6.07) is 8.19. The van der Waals surface area contributed by atoms with Crippen LogP contribution in [0.5, 0.6) is 5.75 Å². The molecule has 0 spiro atoms. The molecule has 0 unspecified atom stereocenters. The number of hydrogen-bond acceptors (Lipinski definition) is 2. The van der Waals surface area contributed by atoms with Crippen molar-refractivity contribution in [3.63, 3.8) is 0 Å². The summed E-state index contributed by atoms with van der Waals surface area (Å²) >= 11 is 0. The highest BCUT2D eigenvalue weighted by Crippen LogP contribution is 2.32. The molecule has 0 amide bonds. The molecule has 1 saturated carbocycles. The third kappa shape index (κ3) is 2.51. The first-order chi connectivity index (χ1) is 7.29. The summed E-state index contributed by atoms with van der Waals surface area (Å²) < 4.78 is 5.12. The number of methoxy groups -OCH3 is 1. The van der Waals surface area contributed by atoms with E-state index in [-0.39, 0.29) is 6.10 Å². The highest BCUT2D eigenvalue weighted by atomic mass is 16.5. The van der Waals surface area contributed by atoms with Gasteiger partial charge in [-0.05, 0) is 43.4 Å². The SMILES string of the molecule is COc1ccc([C]2CCC(O)CC2)cc1. The third-order valence-electron chi connectivity index (χ3n) is 3.06. The van der Waals surface area contributed by atoms with Crippen LogP contribution in [0, 0.1) is 5.92 Å². The minimum atomic E-state index is -0.0907. The van der Waals surface area contributed by atoms with Crippen molar-refractivity contribution >= 4 is 0 Å². The van der Waals surface area contributed by atoms with Crippen molar-refractivity contribution in [2.75, 3.05) is 7.11 Å². The highest BCUT2D eigenvalue weighted by Gasteiger charge is 2.20. The fourth-order valence-corrected chi connectivity index (χ4v) is 2.07. The Bertz CT molecular complexity index is 297. The van der Waals surface area contributed by atoms with Gasteiger partial charge in [-0.3, -0.25) is 0 Å². The van der Waals surface area contributed by atoms with Crippen LogP contribution in [0.15, 0.2) is 24.3 Å². The van der Waals surface area contributed by atoms with E-state index in [0.717, 1.165) is 31.4 Å². The molecular weight excluding hydrogens is 188 g/mol. The Morgan fingerprint density at radius 1 is 1.13 bits per heavy atom. The van der Waals surface area contributed by atoms with Crippen molar-refractivity contribution in [2.24, 2.45) is 0 Å². The van der Waals surface area contributed by atoms with Crippen LogP contribution in [0.4, 0.5) is 0 Å². The maximum Gasteiger partial charge on any atom is 0.118 e. The van der Waals surface area contributed by atoms with Crippen LogP contribution in [-0.2, 0) is 0 Å². The number of benzene rings is 1. The molecule has 1 aromatic carbocycles. The quantitative estimate of drug-likeness (QED) is 0.804. The molecule has 2 rings (SSSR count). The van der Waals surface area contributed by atoms with Gasteiger partial charge in [0.2, 0.25) is 0 Å². The zero-order valence-electron chi connectivity index (χ0n) is 9.07. The molecule has 0 heterocycles. The highest BCUT2D eigenvalue weighted by molar-refractivity contribution is 5.36. The monoisotopic (exact) mass is 205 g/mol. The smallest absolute Gasteiger partial charge is 0.118 e. The molecule has 0 aromatic heterocycles. The second-order valence-corrected chi connectivity index (χ2v) is 4.06. The van der Waals surface area contributed by atoms with Gasteiger partial charge in [0.1, 0.15) is 5.75 Å². The zero-order chi connectivity index (χ0) is 10.7. The van der Waals surface area contributed by atoms with Gasteiger partial charge >= 0.3 is 0 Å². The molecule has 1 N–H and O–H groups in total. The molecule has 0 atom stereocenters. The van der Waals surface area contributed by atoms with E-state index in [0.29, 0.717) is 0 Å². The number of ether oxygens (including phenoxy) is 1. The van der Waals surface area contributed by atoms with Crippen molar-refractivity contribution < 1.29 is 9.84 Å². The van der Waals surface area contributed by atoms with Crippen molar-refractivity contribution in [3.8, 4) is 5.75 Å². The number of hydrogen-bond donors (Lipinski definition) is 1. The van der Waals surface area contributed by atoms with Crippen LogP contribution < -0.4 is 4.74 Å². The molecule has 1 aliphatic carbocycles. The van der Waals surface area contributed by atoms with Gasteiger partial charge in [-0.2, -0.15) is 0 Å². The molecule has 0 saturated heterocycles. The molecule has 1 aliphatic rings. The van der Waals surface area contributed by atoms with Gasteiger partial charge in [0, 0.05) is 5.92 Å². The predicted octanol–water partition coefficient (Wildman–Crippen LogP) is 2.55. The lowest BCUT2D eigenvalue weighted by Gasteiger charge is -2.25. The van der Waals surface area contributed by atoms with E-state index in [2.05, 4.69) is 12.1 Å². The molecule has 2 heteroatoms. The molecule has 15 heavy (non-hydrogen) atoms. The third-order valence-corrected chi connectivity index (χ3v) is 3.06. The Labute approximate surface area is 90.9 Å². The van der Waals surface area contributed by atoms with E-state index in [1.165, 1.54) is 11.5 Å². The van der Waals surface area contributed by atoms with Gasteiger partial charge in [-0.25, -0.2) is 0 Å². The summed E-state index contributed by atoms with van der Waals surface area (Å²) in [4.78, 5) is 0. The van der Waals surface area contributed by atoms with Gasteiger partial charge in [0.05, 0.1) is 13.2 Å². The first-order valence-electron chi connectivity index (χ1n) is 5.47.